The molecule has 1 unspecified atom stereocenters. The van der Waals surface area contributed by atoms with Crippen LogP contribution in [0, 0.1) is 12.8 Å². The van der Waals surface area contributed by atoms with Gasteiger partial charge in [0.2, 0.25) is 0 Å². The van der Waals surface area contributed by atoms with Crippen LogP contribution in [0.2, 0.25) is 0 Å². The average molecular weight is 285 g/mol. The third-order valence-electron chi connectivity index (χ3n) is 3.23. The second kappa shape index (κ2) is 5.15. The summed E-state index contributed by atoms with van der Waals surface area (Å²) in [6.45, 7) is 4.96. The second-order valence-electron chi connectivity index (χ2n) is 4.43. The Morgan fingerprint density at radius 1 is 1.56 bits per heavy atom. The lowest BCUT2D eigenvalue weighted by atomic mass is 9.99. The van der Waals surface area contributed by atoms with Crippen LogP contribution in [0.25, 0.3) is 0 Å². The Hall–Kier alpha value is -0.610. The van der Waals surface area contributed by atoms with Crippen LogP contribution in [0.15, 0.2) is 21.4 Å². The number of rotatable bonds is 2. The van der Waals surface area contributed by atoms with Crippen molar-refractivity contribution in [2.24, 2.45) is 5.92 Å². The molecule has 88 valence electrons. The van der Waals surface area contributed by atoms with Crippen LogP contribution in [-0.4, -0.2) is 17.7 Å². The van der Waals surface area contributed by atoms with Crippen molar-refractivity contribution >= 4 is 15.9 Å². The maximum absolute atomic E-state index is 11.8. The Balaban J connectivity index is 2.20. The summed E-state index contributed by atoms with van der Waals surface area (Å²) < 4.78 is 2.89. The molecule has 0 bridgehead atoms. The number of pyridine rings is 1. The summed E-state index contributed by atoms with van der Waals surface area (Å²) in [5.74, 6) is 0.583. The van der Waals surface area contributed by atoms with E-state index in [9.17, 15) is 4.79 Å². The van der Waals surface area contributed by atoms with Crippen LogP contribution in [0.4, 0.5) is 0 Å². The SMILES string of the molecule is Cc1c(Br)ccc(=O)n1CC1CCCNC1. The predicted molar refractivity (Wildman–Crippen MR) is 68.7 cm³/mol. The van der Waals surface area contributed by atoms with Gasteiger partial charge in [-0.1, -0.05) is 0 Å². The first kappa shape index (κ1) is 11.9. The van der Waals surface area contributed by atoms with Gasteiger partial charge in [0.1, 0.15) is 0 Å². The molecule has 0 aliphatic carbocycles. The number of hydrogen-bond donors (Lipinski definition) is 1. The standard InChI is InChI=1S/C12H17BrN2O/c1-9-11(13)4-5-12(16)15(9)8-10-3-2-6-14-7-10/h4-5,10,14H,2-3,6-8H2,1H3. The molecule has 0 spiro atoms. The van der Waals surface area contributed by atoms with E-state index in [0.717, 1.165) is 29.8 Å². The molecule has 3 nitrogen and oxygen atoms in total. The van der Waals surface area contributed by atoms with Crippen LogP contribution in [0.3, 0.4) is 0 Å². The van der Waals surface area contributed by atoms with E-state index in [-0.39, 0.29) is 5.56 Å². The van der Waals surface area contributed by atoms with Gasteiger partial charge in [0.15, 0.2) is 0 Å². The van der Waals surface area contributed by atoms with Gasteiger partial charge < -0.3 is 9.88 Å². The zero-order chi connectivity index (χ0) is 11.5. The van der Waals surface area contributed by atoms with E-state index >= 15 is 0 Å². The summed E-state index contributed by atoms with van der Waals surface area (Å²) in [7, 11) is 0. The molecule has 0 aromatic carbocycles. The van der Waals surface area contributed by atoms with E-state index < -0.39 is 0 Å². The monoisotopic (exact) mass is 284 g/mol. The molecule has 1 aromatic rings. The van der Waals surface area contributed by atoms with Gasteiger partial charge in [-0.05, 0) is 60.8 Å². The minimum absolute atomic E-state index is 0.103. The van der Waals surface area contributed by atoms with E-state index in [1.807, 2.05) is 17.6 Å². The lowest BCUT2D eigenvalue weighted by Crippen LogP contribution is -2.35. The van der Waals surface area contributed by atoms with E-state index in [1.54, 1.807) is 6.07 Å². The third kappa shape index (κ3) is 2.55. The molecule has 1 fully saturated rings. The van der Waals surface area contributed by atoms with E-state index in [0.29, 0.717) is 5.92 Å². The minimum Gasteiger partial charge on any atom is -0.316 e. The van der Waals surface area contributed by atoms with Gasteiger partial charge in [-0.25, -0.2) is 0 Å². The van der Waals surface area contributed by atoms with E-state index in [4.69, 9.17) is 0 Å². The molecule has 1 aliphatic rings. The van der Waals surface area contributed by atoms with E-state index in [2.05, 4.69) is 21.2 Å². The van der Waals surface area contributed by atoms with Crippen LogP contribution in [-0.2, 0) is 6.54 Å². The fourth-order valence-corrected chi connectivity index (χ4v) is 2.56. The number of halogens is 1. The number of piperidine rings is 1. The molecule has 1 atom stereocenters. The Labute approximate surface area is 104 Å². The number of nitrogens with zero attached hydrogens (tertiary/aromatic N) is 1. The highest BCUT2D eigenvalue weighted by Crippen LogP contribution is 2.16. The highest BCUT2D eigenvalue weighted by atomic mass is 79.9. The fraction of sp³-hybridized carbons (Fsp3) is 0.583. The van der Waals surface area contributed by atoms with Gasteiger partial charge in [0, 0.05) is 22.8 Å². The first-order chi connectivity index (χ1) is 7.68. The number of aromatic nitrogens is 1. The van der Waals surface area contributed by atoms with Crippen molar-refractivity contribution in [2.45, 2.75) is 26.3 Å². The van der Waals surface area contributed by atoms with Crippen molar-refractivity contribution in [1.29, 1.82) is 0 Å². The molecule has 1 saturated heterocycles. The molecule has 1 aromatic heterocycles. The molecular weight excluding hydrogens is 268 g/mol. The number of hydrogen-bond acceptors (Lipinski definition) is 2. The molecule has 0 amide bonds. The molecule has 2 heterocycles. The molecule has 1 N–H and O–H groups in total. The molecule has 4 heteroatoms. The molecule has 2 rings (SSSR count). The molecule has 0 saturated carbocycles. The first-order valence-electron chi connectivity index (χ1n) is 5.75. The lowest BCUT2D eigenvalue weighted by Gasteiger charge is -2.24. The van der Waals surface area contributed by atoms with Gasteiger partial charge in [0.25, 0.3) is 5.56 Å². The van der Waals surface area contributed by atoms with Gasteiger partial charge in [-0.3, -0.25) is 4.79 Å². The predicted octanol–water partition coefficient (Wildman–Crippen LogP) is 1.92. The minimum atomic E-state index is 0.103. The van der Waals surface area contributed by atoms with Crippen molar-refractivity contribution in [2.75, 3.05) is 13.1 Å². The smallest absolute Gasteiger partial charge is 0.250 e. The Kier molecular flexibility index (Phi) is 3.82. The van der Waals surface area contributed by atoms with Crippen molar-refractivity contribution in [3.63, 3.8) is 0 Å². The lowest BCUT2D eigenvalue weighted by molar-refractivity contribution is 0.331. The Bertz CT molecular complexity index is 422. The van der Waals surface area contributed by atoms with Crippen LogP contribution in [0.1, 0.15) is 18.5 Å². The van der Waals surface area contributed by atoms with E-state index in [1.165, 1.54) is 12.8 Å². The summed E-state index contributed by atoms with van der Waals surface area (Å²) in [5.41, 5.74) is 1.13. The maximum Gasteiger partial charge on any atom is 0.250 e. The summed E-state index contributed by atoms with van der Waals surface area (Å²) in [5, 5.41) is 3.38. The largest absolute Gasteiger partial charge is 0.316 e. The molecule has 1 aliphatic heterocycles. The van der Waals surface area contributed by atoms with Crippen molar-refractivity contribution in [3.8, 4) is 0 Å². The zero-order valence-corrected chi connectivity index (χ0v) is 11.1. The average Bonchev–Trinajstić information content (AvgIpc) is 2.31. The van der Waals surface area contributed by atoms with Crippen molar-refractivity contribution in [3.05, 3.63) is 32.7 Å². The Morgan fingerprint density at radius 3 is 3.06 bits per heavy atom. The molecule has 0 radical (unpaired) electrons. The summed E-state index contributed by atoms with van der Waals surface area (Å²) in [6, 6.07) is 3.46. The van der Waals surface area contributed by atoms with Crippen molar-refractivity contribution < 1.29 is 0 Å². The van der Waals surface area contributed by atoms with Crippen molar-refractivity contribution in [1.82, 2.24) is 9.88 Å². The van der Waals surface area contributed by atoms with Gasteiger partial charge in [0.05, 0.1) is 0 Å². The summed E-state index contributed by atoms with van der Waals surface area (Å²) >= 11 is 3.47. The highest BCUT2D eigenvalue weighted by Gasteiger charge is 2.15. The maximum atomic E-state index is 11.8. The molecule has 16 heavy (non-hydrogen) atoms. The first-order valence-corrected chi connectivity index (χ1v) is 6.54. The van der Waals surface area contributed by atoms with Gasteiger partial charge in [-0.2, -0.15) is 0 Å². The highest BCUT2D eigenvalue weighted by molar-refractivity contribution is 9.10. The quantitative estimate of drug-likeness (QED) is 0.900. The topological polar surface area (TPSA) is 34.0 Å². The van der Waals surface area contributed by atoms with Gasteiger partial charge >= 0.3 is 0 Å². The fourth-order valence-electron chi connectivity index (χ4n) is 2.21. The van der Waals surface area contributed by atoms with Crippen LogP contribution in [0.5, 0.6) is 0 Å². The molecular formula is C12H17BrN2O. The third-order valence-corrected chi connectivity index (χ3v) is 4.07. The zero-order valence-electron chi connectivity index (χ0n) is 9.50. The number of nitrogens with one attached hydrogen (secondary N) is 1. The van der Waals surface area contributed by atoms with Crippen LogP contribution >= 0.6 is 15.9 Å². The summed E-state index contributed by atoms with van der Waals surface area (Å²) in [4.78, 5) is 11.8. The van der Waals surface area contributed by atoms with Crippen LogP contribution < -0.4 is 10.9 Å². The summed E-state index contributed by atoms with van der Waals surface area (Å²) in [6.07, 6.45) is 2.43. The van der Waals surface area contributed by atoms with Gasteiger partial charge in [-0.15, -0.1) is 0 Å². The second-order valence-corrected chi connectivity index (χ2v) is 5.28. The Morgan fingerprint density at radius 2 is 2.38 bits per heavy atom. The normalized spacial score (nSPS) is 21.0.